The molecule has 5 heteroatoms. The van der Waals surface area contributed by atoms with E-state index in [9.17, 15) is 4.79 Å². The molecule has 0 saturated heterocycles. The summed E-state index contributed by atoms with van der Waals surface area (Å²) in [6, 6.07) is 10.8. The number of aryl methyl sites for hydroxylation is 1. The van der Waals surface area contributed by atoms with Crippen LogP contribution in [-0.2, 0) is 0 Å². The Labute approximate surface area is 117 Å². The van der Waals surface area contributed by atoms with Gasteiger partial charge >= 0.3 is 0 Å². The third kappa shape index (κ3) is 2.07. The summed E-state index contributed by atoms with van der Waals surface area (Å²) < 4.78 is 2.25. The van der Waals surface area contributed by atoms with E-state index < -0.39 is 5.56 Å². The Balaban J connectivity index is 2.86. The highest BCUT2D eigenvalue weighted by atomic mass is 79.9. The van der Waals surface area contributed by atoms with Gasteiger partial charge in [-0.05, 0) is 41.1 Å². The van der Waals surface area contributed by atoms with Crippen LogP contribution < -0.4 is 5.56 Å². The predicted molar refractivity (Wildman–Crippen MR) is 74.2 cm³/mol. The molecule has 0 amide bonds. The smallest absolute Gasteiger partial charge is 0.274 e. The largest absolute Gasteiger partial charge is 0.279 e. The van der Waals surface area contributed by atoms with Gasteiger partial charge in [0.1, 0.15) is 11.6 Å². The van der Waals surface area contributed by atoms with Crippen LogP contribution in [0.4, 0.5) is 0 Å². The Morgan fingerprint density at radius 2 is 2.06 bits per heavy atom. The second kappa shape index (κ2) is 4.97. The molecule has 0 radical (unpaired) electrons. The van der Waals surface area contributed by atoms with E-state index in [-0.39, 0.29) is 10.6 Å². The average molecular weight is 324 g/mol. The molecule has 1 aromatic carbocycles. The van der Waals surface area contributed by atoms with E-state index in [0.29, 0.717) is 11.4 Å². The van der Waals surface area contributed by atoms with Crippen LogP contribution >= 0.6 is 27.5 Å². The Morgan fingerprint density at radius 3 is 2.67 bits per heavy atom. The minimum atomic E-state index is -0.408. The monoisotopic (exact) mass is 322 g/mol. The second-order valence-electron chi connectivity index (χ2n) is 3.71. The first-order valence-electron chi connectivity index (χ1n) is 5.13. The zero-order valence-electron chi connectivity index (χ0n) is 9.45. The number of benzene rings is 1. The van der Waals surface area contributed by atoms with E-state index in [1.807, 2.05) is 24.3 Å². The minimum Gasteiger partial charge on any atom is -0.279 e. The maximum Gasteiger partial charge on any atom is 0.274 e. The topological polar surface area (TPSA) is 45.8 Å². The number of aromatic nitrogens is 1. The lowest BCUT2D eigenvalue weighted by molar-refractivity contribution is 0.924. The van der Waals surface area contributed by atoms with Crippen LogP contribution in [-0.4, -0.2) is 4.57 Å². The lowest BCUT2D eigenvalue weighted by atomic mass is 10.2. The van der Waals surface area contributed by atoms with E-state index in [1.165, 1.54) is 4.57 Å². The van der Waals surface area contributed by atoms with Crippen LogP contribution in [0.25, 0.3) is 5.69 Å². The number of halogens is 2. The van der Waals surface area contributed by atoms with Crippen molar-refractivity contribution in [1.82, 2.24) is 4.57 Å². The molecule has 90 valence electrons. The number of pyridine rings is 1. The fraction of sp³-hybridized carbons (Fsp3) is 0.0769. The summed E-state index contributed by atoms with van der Waals surface area (Å²) in [7, 11) is 0. The zero-order valence-corrected chi connectivity index (χ0v) is 11.8. The third-order valence-corrected chi connectivity index (χ3v) is 3.52. The fourth-order valence-corrected chi connectivity index (χ4v) is 2.47. The van der Waals surface area contributed by atoms with E-state index in [4.69, 9.17) is 16.9 Å². The summed E-state index contributed by atoms with van der Waals surface area (Å²) in [6.45, 7) is 1.77. The van der Waals surface area contributed by atoms with Gasteiger partial charge in [-0.3, -0.25) is 9.36 Å². The average Bonchev–Trinajstić information content (AvgIpc) is 2.31. The van der Waals surface area contributed by atoms with Crippen LogP contribution in [0.2, 0.25) is 5.02 Å². The van der Waals surface area contributed by atoms with Gasteiger partial charge in [0.2, 0.25) is 0 Å². The van der Waals surface area contributed by atoms with Crippen LogP contribution in [0, 0.1) is 18.3 Å². The first kappa shape index (κ1) is 12.9. The van der Waals surface area contributed by atoms with Crippen molar-refractivity contribution in [2.75, 3.05) is 0 Å². The number of hydrogen-bond donors (Lipinski definition) is 0. The molecule has 0 spiro atoms. The normalized spacial score (nSPS) is 10.1. The summed E-state index contributed by atoms with van der Waals surface area (Å²) >= 11 is 9.28. The number of hydrogen-bond acceptors (Lipinski definition) is 2. The van der Waals surface area contributed by atoms with Crippen LogP contribution in [0.1, 0.15) is 11.3 Å². The molecule has 0 aliphatic rings. The molecule has 1 aromatic heterocycles. The van der Waals surface area contributed by atoms with Crippen molar-refractivity contribution in [3.05, 3.63) is 61.4 Å². The molecule has 0 bridgehead atoms. The first-order valence-corrected chi connectivity index (χ1v) is 6.30. The molecule has 18 heavy (non-hydrogen) atoms. The molecule has 0 N–H and O–H groups in total. The van der Waals surface area contributed by atoms with Crippen molar-refractivity contribution in [3.8, 4) is 11.8 Å². The highest BCUT2D eigenvalue weighted by Crippen LogP contribution is 2.22. The SMILES string of the molecule is Cc1cc(Cl)c(C#N)c(=O)n1-c1ccccc1Br. The second-order valence-corrected chi connectivity index (χ2v) is 4.97. The van der Waals surface area contributed by atoms with Gasteiger partial charge in [-0.1, -0.05) is 23.7 Å². The Hall–Kier alpha value is -1.57. The zero-order chi connectivity index (χ0) is 13.3. The molecule has 0 unspecified atom stereocenters. The molecule has 1 heterocycles. The summed E-state index contributed by atoms with van der Waals surface area (Å²) in [5.41, 5.74) is 0.913. The van der Waals surface area contributed by atoms with Gasteiger partial charge in [-0.2, -0.15) is 5.26 Å². The van der Waals surface area contributed by atoms with Gasteiger partial charge in [0.15, 0.2) is 0 Å². The maximum atomic E-state index is 12.2. The molecule has 0 aliphatic carbocycles. The number of rotatable bonds is 1. The molecular weight excluding hydrogens is 316 g/mol. The molecule has 2 aromatic rings. The quantitative estimate of drug-likeness (QED) is 0.807. The Morgan fingerprint density at radius 1 is 1.39 bits per heavy atom. The van der Waals surface area contributed by atoms with Gasteiger partial charge in [0.05, 0.1) is 10.7 Å². The lowest BCUT2D eigenvalue weighted by Crippen LogP contribution is -2.23. The van der Waals surface area contributed by atoms with Crippen molar-refractivity contribution < 1.29 is 0 Å². The molecule has 0 atom stereocenters. The highest BCUT2D eigenvalue weighted by Gasteiger charge is 2.13. The van der Waals surface area contributed by atoms with E-state index in [2.05, 4.69) is 15.9 Å². The molecule has 3 nitrogen and oxygen atoms in total. The number of nitrogens with zero attached hydrogens (tertiary/aromatic N) is 2. The van der Waals surface area contributed by atoms with Crippen molar-refractivity contribution in [1.29, 1.82) is 5.26 Å². The minimum absolute atomic E-state index is 0.0435. The highest BCUT2D eigenvalue weighted by molar-refractivity contribution is 9.10. The van der Waals surface area contributed by atoms with Crippen LogP contribution in [0.5, 0.6) is 0 Å². The van der Waals surface area contributed by atoms with Gasteiger partial charge in [0, 0.05) is 10.2 Å². The number of para-hydroxylation sites is 1. The first-order chi connectivity index (χ1) is 8.56. The van der Waals surface area contributed by atoms with E-state index in [1.54, 1.807) is 19.1 Å². The molecule has 0 saturated carbocycles. The summed E-state index contributed by atoms with van der Waals surface area (Å²) in [6.07, 6.45) is 0. The summed E-state index contributed by atoms with van der Waals surface area (Å²) in [5, 5.41) is 9.15. The fourth-order valence-electron chi connectivity index (χ4n) is 1.73. The Kier molecular flexibility index (Phi) is 3.55. The van der Waals surface area contributed by atoms with Gasteiger partial charge < -0.3 is 0 Å². The van der Waals surface area contributed by atoms with E-state index in [0.717, 1.165) is 4.47 Å². The van der Waals surface area contributed by atoms with Crippen molar-refractivity contribution in [2.24, 2.45) is 0 Å². The number of nitriles is 1. The van der Waals surface area contributed by atoms with Gasteiger partial charge in [-0.25, -0.2) is 0 Å². The van der Waals surface area contributed by atoms with Crippen LogP contribution in [0.3, 0.4) is 0 Å². The molecule has 0 aliphatic heterocycles. The standard InChI is InChI=1S/C13H8BrClN2O/c1-8-6-11(15)9(7-16)13(18)17(8)12-5-3-2-4-10(12)14/h2-6H,1H3. The summed E-state index contributed by atoms with van der Waals surface area (Å²) in [5.74, 6) is 0. The molecule has 0 fully saturated rings. The Bertz CT molecular complexity index is 716. The van der Waals surface area contributed by atoms with Gasteiger partial charge in [0.25, 0.3) is 5.56 Å². The molecule has 2 rings (SSSR count). The maximum absolute atomic E-state index is 12.2. The lowest BCUT2D eigenvalue weighted by Gasteiger charge is -2.12. The van der Waals surface area contributed by atoms with Gasteiger partial charge in [-0.15, -0.1) is 0 Å². The van der Waals surface area contributed by atoms with Crippen molar-refractivity contribution >= 4 is 27.5 Å². The summed E-state index contributed by atoms with van der Waals surface area (Å²) in [4.78, 5) is 12.2. The van der Waals surface area contributed by atoms with Crippen molar-refractivity contribution in [2.45, 2.75) is 6.92 Å². The van der Waals surface area contributed by atoms with Crippen molar-refractivity contribution in [3.63, 3.8) is 0 Å². The molecular formula is C13H8BrClN2O. The van der Waals surface area contributed by atoms with E-state index >= 15 is 0 Å². The third-order valence-electron chi connectivity index (χ3n) is 2.55. The predicted octanol–water partition coefficient (Wildman–Crippen LogP) is 3.43. The van der Waals surface area contributed by atoms with Crippen LogP contribution in [0.15, 0.2) is 39.6 Å².